The first kappa shape index (κ1) is 20.3. The minimum atomic E-state index is 0.0427. The van der Waals surface area contributed by atoms with E-state index in [2.05, 4.69) is 34.4 Å². The molecule has 1 aromatic rings. The first-order chi connectivity index (χ1) is 12.5. The highest BCUT2D eigenvalue weighted by Crippen LogP contribution is 2.17. The summed E-state index contributed by atoms with van der Waals surface area (Å²) in [5, 5.41) is 6.69. The average molecular weight is 364 g/mol. The van der Waals surface area contributed by atoms with Crippen molar-refractivity contribution < 1.29 is 14.2 Å². The number of hydrogen-bond donors (Lipinski definition) is 2. The quantitative estimate of drug-likeness (QED) is 0.412. The lowest BCUT2D eigenvalue weighted by Gasteiger charge is -2.41. The highest BCUT2D eigenvalue weighted by molar-refractivity contribution is 5.79. The highest BCUT2D eigenvalue weighted by Gasteiger charge is 2.28. The Hall–Kier alpha value is -1.99. The van der Waals surface area contributed by atoms with Crippen LogP contribution in [0.4, 0.5) is 0 Å². The average Bonchev–Trinajstić information content (AvgIpc) is 2.68. The topological polar surface area (TPSA) is 67.4 Å². The van der Waals surface area contributed by atoms with Gasteiger partial charge in [0.15, 0.2) is 5.96 Å². The van der Waals surface area contributed by atoms with Crippen LogP contribution in [-0.4, -0.2) is 76.6 Å². The number of nitrogens with zero attached hydrogens (tertiary/aromatic N) is 2. The van der Waals surface area contributed by atoms with E-state index in [-0.39, 0.29) is 5.54 Å². The molecule has 146 valence electrons. The van der Waals surface area contributed by atoms with E-state index in [1.54, 1.807) is 14.2 Å². The van der Waals surface area contributed by atoms with Crippen molar-refractivity contribution in [2.75, 3.05) is 60.2 Å². The fourth-order valence-corrected chi connectivity index (χ4v) is 2.81. The first-order valence-electron chi connectivity index (χ1n) is 9.09. The molecule has 0 bridgehead atoms. The third kappa shape index (κ3) is 6.38. The van der Waals surface area contributed by atoms with Crippen molar-refractivity contribution >= 4 is 5.96 Å². The van der Waals surface area contributed by atoms with Crippen molar-refractivity contribution in [1.29, 1.82) is 0 Å². The van der Waals surface area contributed by atoms with Crippen molar-refractivity contribution in [2.24, 2.45) is 4.99 Å². The molecular formula is C19H32N4O3. The Balaban J connectivity index is 1.68. The molecule has 7 heteroatoms. The van der Waals surface area contributed by atoms with Gasteiger partial charge in [0.25, 0.3) is 0 Å². The van der Waals surface area contributed by atoms with Gasteiger partial charge in [-0.2, -0.15) is 0 Å². The third-order valence-corrected chi connectivity index (χ3v) is 4.50. The van der Waals surface area contributed by atoms with Crippen LogP contribution in [0.1, 0.15) is 13.8 Å². The fraction of sp³-hybridized carbons (Fsp3) is 0.632. The molecular weight excluding hydrogens is 332 g/mol. The van der Waals surface area contributed by atoms with Crippen molar-refractivity contribution in [3.8, 4) is 11.5 Å². The number of hydrogen-bond acceptors (Lipinski definition) is 5. The Morgan fingerprint density at radius 2 is 1.81 bits per heavy atom. The number of morpholine rings is 1. The van der Waals surface area contributed by atoms with Crippen LogP contribution < -0.4 is 20.1 Å². The number of benzene rings is 1. The first-order valence-corrected chi connectivity index (χ1v) is 9.09. The number of aliphatic imine (C=N–C) groups is 1. The number of ether oxygens (including phenoxy) is 3. The molecule has 0 unspecified atom stereocenters. The van der Waals surface area contributed by atoms with Gasteiger partial charge in [0.2, 0.25) is 0 Å². The normalized spacial score (nSPS) is 16.2. The molecule has 0 aliphatic carbocycles. The van der Waals surface area contributed by atoms with Crippen LogP contribution in [0.5, 0.6) is 11.5 Å². The second kappa shape index (κ2) is 10.2. The van der Waals surface area contributed by atoms with Crippen LogP contribution in [0.2, 0.25) is 0 Å². The van der Waals surface area contributed by atoms with Crippen LogP contribution in [0.25, 0.3) is 0 Å². The van der Waals surface area contributed by atoms with Crippen LogP contribution in [0.15, 0.2) is 29.3 Å². The van der Waals surface area contributed by atoms with Gasteiger partial charge < -0.3 is 24.8 Å². The summed E-state index contributed by atoms with van der Waals surface area (Å²) in [7, 11) is 3.43. The molecule has 2 rings (SSSR count). The molecule has 0 atom stereocenters. The van der Waals surface area contributed by atoms with Gasteiger partial charge >= 0.3 is 0 Å². The minimum Gasteiger partial charge on any atom is -0.497 e. The number of guanidine groups is 1. The van der Waals surface area contributed by atoms with Gasteiger partial charge in [-0.15, -0.1) is 0 Å². The zero-order valence-electron chi connectivity index (χ0n) is 16.4. The summed E-state index contributed by atoms with van der Waals surface area (Å²) in [5.41, 5.74) is 0.0427. The minimum absolute atomic E-state index is 0.0427. The zero-order chi connectivity index (χ0) is 18.8. The molecule has 0 spiro atoms. The smallest absolute Gasteiger partial charge is 0.191 e. The largest absolute Gasteiger partial charge is 0.497 e. The van der Waals surface area contributed by atoms with Gasteiger partial charge in [-0.25, -0.2) is 0 Å². The van der Waals surface area contributed by atoms with E-state index in [0.29, 0.717) is 13.2 Å². The molecule has 1 aliphatic heterocycles. The van der Waals surface area contributed by atoms with Crippen molar-refractivity contribution in [2.45, 2.75) is 19.4 Å². The van der Waals surface area contributed by atoms with Gasteiger partial charge in [-0.1, -0.05) is 0 Å². The maximum atomic E-state index is 5.72. The van der Waals surface area contributed by atoms with Gasteiger partial charge in [0, 0.05) is 32.2 Å². The lowest BCUT2D eigenvalue weighted by molar-refractivity contribution is -0.00834. The Morgan fingerprint density at radius 3 is 2.42 bits per heavy atom. The summed E-state index contributed by atoms with van der Waals surface area (Å²) in [6.07, 6.45) is 0. The predicted octanol–water partition coefficient (Wildman–Crippen LogP) is 1.35. The Kier molecular flexibility index (Phi) is 8.00. The third-order valence-electron chi connectivity index (χ3n) is 4.50. The standard InChI is InChI=1S/C19H32N4O3/c1-19(2,23-10-13-25-14-11-23)15-22-18(20-3)21-9-12-26-17-7-5-16(24-4)6-8-17/h5-8H,9-15H2,1-4H3,(H2,20,21,22). The lowest BCUT2D eigenvalue weighted by Crippen LogP contribution is -2.56. The maximum absolute atomic E-state index is 5.72. The van der Waals surface area contributed by atoms with E-state index in [9.17, 15) is 0 Å². The molecule has 1 fully saturated rings. The van der Waals surface area contributed by atoms with E-state index in [1.165, 1.54) is 0 Å². The summed E-state index contributed by atoms with van der Waals surface area (Å²) in [6.45, 7) is 10.1. The van der Waals surface area contributed by atoms with E-state index in [0.717, 1.165) is 50.3 Å². The number of rotatable bonds is 8. The maximum Gasteiger partial charge on any atom is 0.191 e. The van der Waals surface area contributed by atoms with E-state index in [4.69, 9.17) is 14.2 Å². The molecule has 1 heterocycles. The van der Waals surface area contributed by atoms with E-state index < -0.39 is 0 Å². The monoisotopic (exact) mass is 364 g/mol. The summed E-state index contributed by atoms with van der Waals surface area (Å²) >= 11 is 0. The SMILES string of the molecule is CN=C(NCCOc1ccc(OC)cc1)NCC(C)(C)N1CCOCC1. The zero-order valence-corrected chi connectivity index (χ0v) is 16.4. The van der Waals surface area contributed by atoms with Crippen molar-refractivity contribution in [3.05, 3.63) is 24.3 Å². The van der Waals surface area contributed by atoms with Crippen LogP contribution in [0.3, 0.4) is 0 Å². The Bertz CT molecular complexity index is 554. The summed E-state index contributed by atoms with van der Waals surface area (Å²) in [6, 6.07) is 7.57. The fourth-order valence-electron chi connectivity index (χ4n) is 2.81. The van der Waals surface area contributed by atoms with Gasteiger partial charge in [0.1, 0.15) is 18.1 Å². The second-order valence-corrected chi connectivity index (χ2v) is 6.79. The molecule has 7 nitrogen and oxygen atoms in total. The molecule has 0 amide bonds. The van der Waals surface area contributed by atoms with Gasteiger partial charge in [-0.3, -0.25) is 9.89 Å². The molecule has 2 N–H and O–H groups in total. The highest BCUT2D eigenvalue weighted by atomic mass is 16.5. The molecule has 1 aliphatic rings. The summed E-state index contributed by atoms with van der Waals surface area (Å²) < 4.78 is 16.3. The van der Waals surface area contributed by atoms with Gasteiger partial charge in [0.05, 0.1) is 26.9 Å². The summed E-state index contributed by atoms with van der Waals surface area (Å²) in [4.78, 5) is 6.73. The number of methoxy groups -OCH3 is 1. The molecule has 1 aromatic carbocycles. The second-order valence-electron chi connectivity index (χ2n) is 6.79. The van der Waals surface area contributed by atoms with Crippen LogP contribution in [-0.2, 0) is 4.74 Å². The predicted molar refractivity (Wildman–Crippen MR) is 104 cm³/mol. The van der Waals surface area contributed by atoms with Crippen molar-refractivity contribution in [3.63, 3.8) is 0 Å². The van der Waals surface area contributed by atoms with E-state index >= 15 is 0 Å². The number of nitrogens with one attached hydrogen (secondary N) is 2. The molecule has 0 aromatic heterocycles. The van der Waals surface area contributed by atoms with E-state index in [1.807, 2.05) is 24.3 Å². The molecule has 0 radical (unpaired) electrons. The lowest BCUT2D eigenvalue weighted by atomic mass is 10.0. The van der Waals surface area contributed by atoms with Crippen molar-refractivity contribution in [1.82, 2.24) is 15.5 Å². The molecule has 1 saturated heterocycles. The Morgan fingerprint density at radius 1 is 1.15 bits per heavy atom. The van der Waals surface area contributed by atoms with Crippen LogP contribution in [0, 0.1) is 0 Å². The molecule has 26 heavy (non-hydrogen) atoms. The molecule has 0 saturated carbocycles. The summed E-state index contributed by atoms with van der Waals surface area (Å²) in [5.74, 6) is 2.43. The van der Waals surface area contributed by atoms with Crippen LogP contribution >= 0.6 is 0 Å². The van der Waals surface area contributed by atoms with Gasteiger partial charge in [-0.05, 0) is 38.1 Å². The Labute approximate surface area is 156 Å².